The van der Waals surface area contributed by atoms with Gasteiger partial charge in [0.1, 0.15) is 0 Å². The number of amidine groups is 1. The average Bonchev–Trinajstić information content (AvgIpc) is 2.86. The predicted molar refractivity (Wildman–Crippen MR) is 109 cm³/mol. The average molecular weight is 388 g/mol. The Bertz CT molecular complexity index is 915. The zero-order valence-electron chi connectivity index (χ0n) is 13.7. The summed E-state index contributed by atoms with van der Waals surface area (Å²) in [6, 6.07) is 15.7. The summed E-state index contributed by atoms with van der Waals surface area (Å²) in [7, 11) is 2.04. The number of fused-ring (bicyclic) bond motifs is 1. The number of benzene rings is 2. The fraction of sp³-hybridized carbons (Fsp3) is 0.105. The van der Waals surface area contributed by atoms with E-state index in [0.717, 1.165) is 33.4 Å². The molecule has 0 amide bonds. The summed E-state index contributed by atoms with van der Waals surface area (Å²) in [4.78, 5) is 6.05. The molecule has 0 unspecified atom stereocenters. The molecule has 0 spiro atoms. The maximum atomic E-state index is 6.38. The van der Waals surface area contributed by atoms with Crippen LogP contribution in [0.4, 0.5) is 5.69 Å². The van der Waals surface area contributed by atoms with E-state index in [0.29, 0.717) is 10.0 Å². The fourth-order valence-electron chi connectivity index (χ4n) is 2.91. The predicted octanol–water partition coefficient (Wildman–Crippen LogP) is 6.04. The van der Waals surface area contributed by atoms with Crippen LogP contribution in [-0.2, 0) is 0 Å². The van der Waals surface area contributed by atoms with Gasteiger partial charge in [0, 0.05) is 23.7 Å². The zero-order chi connectivity index (χ0) is 17.6. The highest BCUT2D eigenvalue weighted by Crippen LogP contribution is 2.43. The SMILES string of the molecule is CC1=C2SC=C(c3c(Cl)cccc3Cl)N=C2N(c2ccccc2)N1C. The van der Waals surface area contributed by atoms with Gasteiger partial charge in [-0.05, 0) is 31.2 Å². The van der Waals surface area contributed by atoms with Crippen molar-refractivity contribution in [2.45, 2.75) is 6.92 Å². The van der Waals surface area contributed by atoms with Crippen molar-refractivity contribution in [3.05, 3.63) is 80.1 Å². The van der Waals surface area contributed by atoms with Gasteiger partial charge < -0.3 is 0 Å². The lowest BCUT2D eigenvalue weighted by atomic mass is 10.2. The van der Waals surface area contributed by atoms with Crippen molar-refractivity contribution < 1.29 is 0 Å². The van der Waals surface area contributed by atoms with E-state index in [4.69, 9.17) is 28.2 Å². The Morgan fingerprint density at radius 1 is 0.960 bits per heavy atom. The van der Waals surface area contributed by atoms with Crippen molar-refractivity contribution in [2.24, 2.45) is 4.99 Å². The Balaban J connectivity index is 1.83. The van der Waals surface area contributed by atoms with Crippen molar-refractivity contribution in [3.63, 3.8) is 0 Å². The molecule has 0 saturated carbocycles. The topological polar surface area (TPSA) is 18.8 Å². The number of anilines is 1. The minimum Gasteiger partial charge on any atom is -0.286 e. The Morgan fingerprint density at radius 3 is 2.32 bits per heavy atom. The van der Waals surface area contributed by atoms with E-state index >= 15 is 0 Å². The minimum atomic E-state index is 0.602. The maximum absolute atomic E-state index is 6.38. The first-order valence-corrected chi connectivity index (χ1v) is 9.41. The first kappa shape index (κ1) is 16.6. The molecule has 0 N–H and O–H groups in total. The molecule has 0 fully saturated rings. The van der Waals surface area contributed by atoms with E-state index in [1.807, 2.05) is 48.9 Å². The molecule has 6 heteroatoms. The smallest absolute Gasteiger partial charge is 0.168 e. The van der Waals surface area contributed by atoms with E-state index in [1.165, 1.54) is 0 Å². The summed E-state index contributed by atoms with van der Waals surface area (Å²) in [5.41, 5.74) is 3.77. The zero-order valence-corrected chi connectivity index (χ0v) is 16.0. The highest BCUT2D eigenvalue weighted by molar-refractivity contribution is 8.07. The molecular formula is C19H15Cl2N3S. The third kappa shape index (κ3) is 2.74. The number of rotatable bonds is 2. The summed E-state index contributed by atoms with van der Waals surface area (Å²) in [5, 5.41) is 7.44. The first-order chi connectivity index (χ1) is 12.1. The first-order valence-electron chi connectivity index (χ1n) is 7.78. The van der Waals surface area contributed by atoms with Gasteiger partial charge in [-0.25, -0.2) is 10.0 Å². The monoisotopic (exact) mass is 387 g/mol. The number of hydrogen-bond donors (Lipinski definition) is 0. The van der Waals surface area contributed by atoms with Gasteiger partial charge in [-0.3, -0.25) is 5.01 Å². The number of halogens is 2. The molecule has 2 heterocycles. The second-order valence-electron chi connectivity index (χ2n) is 5.74. The molecule has 0 bridgehead atoms. The largest absolute Gasteiger partial charge is 0.286 e. The quantitative estimate of drug-likeness (QED) is 0.626. The van der Waals surface area contributed by atoms with E-state index in [1.54, 1.807) is 11.8 Å². The summed E-state index contributed by atoms with van der Waals surface area (Å²) in [5.74, 6) is 0.893. The number of thioether (sulfide) groups is 1. The normalized spacial score (nSPS) is 16.8. The lowest BCUT2D eigenvalue weighted by Gasteiger charge is -2.30. The van der Waals surface area contributed by atoms with Crippen LogP contribution in [-0.4, -0.2) is 17.9 Å². The molecule has 0 radical (unpaired) electrons. The van der Waals surface area contributed by atoms with Crippen LogP contribution < -0.4 is 5.01 Å². The Labute approximate surface area is 161 Å². The fourth-order valence-corrected chi connectivity index (χ4v) is 4.44. The van der Waals surface area contributed by atoms with Crippen LogP contribution in [0, 0.1) is 0 Å². The van der Waals surface area contributed by atoms with Crippen molar-refractivity contribution in [1.82, 2.24) is 5.01 Å². The number of hydrogen-bond acceptors (Lipinski definition) is 4. The van der Waals surface area contributed by atoms with E-state index in [2.05, 4.69) is 29.1 Å². The summed E-state index contributed by atoms with van der Waals surface area (Å²) in [6.07, 6.45) is 0. The van der Waals surface area contributed by atoms with E-state index in [9.17, 15) is 0 Å². The number of allylic oxidation sites excluding steroid dienone is 1. The maximum Gasteiger partial charge on any atom is 0.168 e. The molecule has 25 heavy (non-hydrogen) atoms. The summed E-state index contributed by atoms with van der Waals surface area (Å²) in [6.45, 7) is 2.10. The standard InChI is InChI=1S/C19H15Cl2N3S/c1-12-18-19(24(23(12)2)13-7-4-3-5-8-13)22-16(11-25-18)17-14(20)9-6-10-15(17)21/h3-11H,1-2H3. The van der Waals surface area contributed by atoms with Gasteiger partial charge in [-0.2, -0.15) is 0 Å². The molecule has 2 aromatic carbocycles. The van der Waals surface area contributed by atoms with Gasteiger partial charge >= 0.3 is 0 Å². The molecule has 2 aromatic rings. The lowest BCUT2D eigenvalue weighted by molar-refractivity contribution is 0.455. The van der Waals surface area contributed by atoms with Gasteiger partial charge in [0.05, 0.1) is 26.3 Å². The second-order valence-corrected chi connectivity index (χ2v) is 7.43. The highest BCUT2D eigenvalue weighted by Gasteiger charge is 2.34. The number of nitrogens with zero attached hydrogens (tertiary/aromatic N) is 3. The third-order valence-corrected chi connectivity index (χ3v) is 5.94. The number of aliphatic imine (C=N–C) groups is 1. The van der Waals surface area contributed by atoms with Crippen molar-refractivity contribution in [2.75, 3.05) is 12.1 Å². The molecule has 4 rings (SSSR count). The summed E-state index contributed by atoms with van der Waals surface area (Å²) < 4.78 is 0. The Kier molecular flexibility index (Phi) is 4.28. The highest BCUT2D eigenvalue weighted by atomic mass is 35.5. The molecule has 3 nitrogen and oxygen atoms in total. The van der Waals surface area contributed by atoms with Crippen molar-refractivity contribution in [3.8, 4) is 0 Å². The van der Waals surface area contributed by atoms with Crippen LogP contribution in [0.3, 0.4) is 0 Å². The molecule has 2 aliphatic heterocycles. The Hall–Kier alpha value is -1.88. The molecule has 2 aliphatic rings. The molecular weight excluding hydrogens is 373 g/mol. The molecule has 126 valence electrons. The number of hydrazine groups is 1. The van der Waals surface area contributed by atoms with Gasteiger partial charge in [0.25, 0.3) is 0 Å². The van der Waals surface area contributed by atoms with Crippen LogP contribution in [0.25, 0.3) is 5.70 Å². The van der Waals surface area contributed by atoms with Crippen LogP contribution >= 0.6 is 35.0 Å². The van der Waals surface area contributed by atoms with Crippen LogP contribution in [0.2, 0.25) is 10.0 Å². The molecule has 0 aromatic heterocycles. The summed E-state index contributed by atoms with van der Waals surface area (Å²) >= 11 is 14.4. The molecule has 0 saturated heterocycles. The third-order valence-electron chi connectivity index (χ3n) is 4.25. The van der Waals surface area contributed by atoms with Crippen LogP contribution in [0.1, 0.15) is 12.5 Å². The van der Waals surface area contributed by atoms with Crippen LogP contribution in [0.5, 0.6) is 0 Å². The number of para-hydroxylation sites is 1. The van der Waals surface area contributed by atoms with Gasteiger partial charge in [-0.15, -0.1) is 0 Å². The second kappa shape index (κ2) is 6.45. The van der Waals surface area contributed by atoms with Crippen molar-refractivity contribution in [1.29, 1.82) is 0 Å². The Morgan fingerprint density at radius 2 is 1.64 bits per heavy atom. The van der Waals surface area contributed by atoms with Crippen molar-refractivity contribution >= 4 is 52.2 Å². The van der Waals surface area contributed by atoms with Gasteiger partial charge in [0.2, 0.25) is 0 Å². The minimum absolute atomic E-state index is 0.602. The molecule has 0 aliphatic carbocycles. The van der Waals surface area contributed by atoms with E-state index in [-0.39, 0.29) is 0 Å². The van der Waals surface area contributed by atoms with Crippen LogP contribution in [0.15, 0.2) is 69.5 Å². The van der Waals surface area contributed by atoms with Gasteiger partial charge in [0.15, 0.2) is 5.84 Å². The molecule has 0 atom stereocenters. The lowest BCUT2D eigenvalue weighted by Crippen LogP contribution is -2.37. The van der Waals surface area contributed by atoms with Gasteiger partial charge in [-0.1, -0.05) is 59.2 Å². The van der Waals surface area contributed by atoms with E-state index < -0.39 is 0 Å².